The van der Waals surface area contributed by atoms with E-state index in [-0.39, 0.29) is 18.0 Å². The number of carboxylic acid groups (broad SMARTS) is 1. The Morgan fingerprint density at radius 3 is 2.94 bits per heavy atom. The van der Waals surface area contributed by atoms with Crippen LogP contribution in [0.1, 0.15) is 45.3 Å². The lowest BCUT2D eigenvalue weighted by atomic mass is 9.49. The normalized spacial score (nSPS) is 30.9. The maximum Gasteiger partial charge on any atom is 0.336 e. The third kappa shape index (κ3) is 1.87. The van der Waals surface area contributed by atoms with Gasteiger partial charge >= 0.3 is 5.97 Å². The highest BCUT2D eigenvalue weighted by atomic mass is 16.5. The summed E-state index contributed by atoms with van der Waals surface area (Å²) in [5.74, 6) is 0.281. The van der Waals surface area contributed by atoms with Gasteiger partial charge in [0.05, 0.1) is 34.9 Å². The highest BCUT2D eigenvalue weighted by Gasteiger charge is 2.71. The van der Waals surface area contributed by atoms with Gasteiger partial charge in [0.25, 0.3) is 0 Å². The van der Waals surface area contributed by atoms with Gasteiger partial charge in [-0.2, -0.15) is 0 Å². The first-order chi connectivity index (χ1) is 15.5. The van der Waals surface area contributed by atoms with Gasteiger partial charge in [0.15, 0.2) is 17.6 Å². The van der Waals surface area contributed by atoms with Crippen molar-refractivity contribution in [3.8, 4) is 11.5 Å². The second-order valence-corrected chi connectivity index (χ2v) is 9.34. The predicted molar refractivity (Wildman–Crippen MR) is 116 cm³/mol. The predicted octanol–water partition coefficient (Wildman–Crippen LogP) is 2.52. The Hall–Kier alpha value is -3.16. The van der Waals surface area contributed by atoms with Gasteiger partial charge in [0.2, 0.25) is 0 Å². The summed E-state index contributed by atoms with van der Waals surface area (Å²) in [7, 11) is 1.61. The Morgan fingerprint density at radius 2 is 2.12 bits per heavy atom. The van der Waals surface area contributed by atoms with Gasteiger partial charge in [0.1, 0.15) is 0 Å². The van der Waals surface area contributed by atoms with Gasteiger partial charge < -0.3 is 25.0 Å². The third-order valence-corrected chi connectivity index (χ3v) is 8.17. The van der Waals surface area contributed by atoms with Gasteiger partial charge in [-0.05, 0) is 42.6 Å². The van der Waals surface area contributed by atoms with Crippen LogP contribution in [0.25, 0.3) is 10.9 Å². The molecule has 1 aromatic heterocycles. The minimum atomic E-state index is -1.19. The van der Waals surface area contributed by atoms with Crippen molar-refractivity contribution in [2.45, 2.75) is 42.4 Å². The lowest BCUT2D eigenvalue weighted by Gasteiger charge is -2.60. The van der Waals surface area contributed by atoms with Gasteiger partial charge in [-0.25, -0.2) is 9.78 Å². The molecule has 1 spiro atoms. The Morgan fingerprint density at radius 1 is 1.28 bits per heavy atom. The van der Waals surface area contributed by atoms with Crippen molar-refractivity contribution in [1.82, 2.24) is 10.3 Å². The van der Waals surface area contributed by atoms with E-state index in [1.165, 1.54) is 0 Å². The fourth-order valence-electron chi connectivity index (χ4n) is 6.94. The highest BCUT2D eigenvalue weighted by molar-refractivity contribution is 6.04. The zero-order chi connectivity index (χ0) is 21.8. The topological polar surface area (TPSA) is 101 Å². The molecule has 3 aromatic rings. The van der Waals surface area contributed by atoms with Gasteiger partial charge in [-0.3, -0.25) is 0 Å². The van der Waals surface area contributed by atoms with Gasteiger partial charge in [-0.1, -0.05) is 24.3 Å². The fourth-order valence-corrected chi connectivity index (χ4v) is 6.94. The molecule has 0 saturated carbocycles. The second-order valence-electron chi connectivity index (χ2n) is 9.34. The van der Waals surface area contributed by atoms with Crippen LogP contribution in [0.3, 0.4) is 0 Å². The number of carbonyl (C=O) groups is 1. The monoisotopic (exact) mass is 430 g/mol. The average Bonchev–Trinajstić information content (AvgIpc) is 3.12. The molecule has 4 aliphatic rings. The number of aliphatic hydroxyl groups is 1. The van der Waals surface area contributed by atoms with Crippen molar-refractivity contribution < 1.29 is 24.5 Å². The number of methoxy groups -OCH3 is 1. The van der Waals surface area contributed by atoms with E-state index in [2.05, 4.69) is 11.4 Å². The van der Waals surface area contributed by atoms with E-state index in [9.17, 15) is 15.0 Å². The van der Waals surface area contributed by atoms with Crippen LogP contribution in [0.15, 0.2) is 36.4 Å². The summed E-state index contributed by atoms with van der Waals surface area (Å²) in [4.78, 5) is 17.4. The third-order valence-electron chi connectivity index (χ3n) is 8.17. The number of para-hydroxylation sites is 1. The molecule has 1 fully saturated rings. The maximum atomic E-state index is 12.5. The molecule has 162 valence electrons. The van der Waals surface area contributed by atoms with Crippen LogP contribution in [0.2, 0.25) is 0 Å². The Kier molecular flexibility index (Phi) is 3.33. The molecule has 7 heteroatoms. The minimum Gasteiger partial charge on any atom is -0.493 e. The summed E-state index contributed by atoms with van der Waals surface area (Å²) in [5.41, 5.74) is 2.30. The number of benzene rings is 2. The molecule has 3 N–H and O–H groups in total. The molecule has 0 amide bonds. The zero-order valence-electron chi connectivity index (χ0n) is 17.5. The standard InChI is InChI=1S/C25H22N2O5/c1-31-16-7-6-12-10-17-25(30)11-14-18(23(28)29)13-4-2-3-5-15(13)27-20(14)22-24(25,8-9-26-17)19(12)21(16)32-22/h2-7,17,22,26,30H,8-11H2,1H3,(H,28,29)/t17-,22?,24-,25?/m0/s1. The van der Waals surface area contributed by atoms with Crippen molar-refractivity contribution in [2.24, 2.45) is 0 Å². The van der Waals surface area contributed by atoms with Gasteiger partial charge in [-0.15, -0.1) is 0 Å². The van der Waals surface area contributed by atoms with E-state index in [4.69, 9.17) is 14.5 Å². The maximum absolute atomic E-state index is 12.5. The number of piperidine rings is 1. The SMILES string of the molecule is COc1ccc2c3c1OC1c4nc5ccccc5c(C(=O)O)c4CC4(O)[C@H](C2)NCC[C@]314. The van der Waals surface area contributed by atoms with E-state index < -0.39 is 23.1 Å². The van der Waals surface area contributed by atoms with Crippen LogP contribution < -0.4 is 14.8 Å². The van der Waals surface area contributed by atoms with Crippen molar-refractivity contribution >= 4 is 16.9 Å². The second kappa shape index (κ2) is 5.79. The fraction of sp³-hybridized carbons (Fsp3) is 0.360. The smallest absolute Gasteiger partial charge is 0.336 e. The van der Waals surface area contributed by atoms with Crippen molar-refractivity contribution in [3.05, 3.63) is 64.3 Å². The molecular weight excluding hydrogens is 408 g/mol. The van der Waals surface area contributed by atoms with Crippen molar-refractivity contribution in [2.75, 3.05) is 13.7 Å². The number of hydrogen-bond donors (Lipinski definition) is 3. The molecule has 2 unspecified atom stereocenters. The number of aromatic nitrogens is 1. The molecule has 2 bridgehead atoms. The number of aromatic carboxylic acids is 1. The first kappa shape index (κ1) is 18.4. The van der Waals surface area contributed by atoms with Crippen LogP contribution in [0, 0.1) is 0 Å². The molecule has 32 heavy (non-hydrogen) atoms. The first-order valence-electron chi connectivity index (χ1n) is 11.0. The summed E-state index contributed by atoms with van der Waals surface area (Å²) in [6.07, 6.45) is 0.970. The Bertz CT molecular complexity index is 1350. The van der Waals surface area contributed by atoms with E-state index in [0.717, 1.165) is 17.7 Å². The number of ether oxygens (including phenoxy) is 2. The largest absolute Gasteiger partial charge is 0.493 e. The number of carboxylic acids is 1. The van der Waals surface area contributed by atoms with Crippen LogP contribution >= 0.6 is 0 Å². The van der Waals surface area contributed by atoms with E-state index in [1.807, 2.05) is 24.3 Å². The lowest BCUT2D eigenvalue weighted by molar-refractivity contribution is -0.134. The average molecular weight is 430 g/mol. The molecule has 2 aliphatic carbocycles. The van der Waals surface area contributed by atoms with Crippen LogP contribution in [-0.2, 0) is 18.3 Å². The van der Waals surface area contributed by atoms with E-state index in [1.54, 1.807) is 13.2 Å². The highest BCUT2D eigenvalue weighted by Crippen LogP contribution is 2.67. The molecule has 2 aliphatic heterocycles. The quantitative estimate of drug-likeness (QED) is 0.574. The number of hydrogen-bond acceptors (Lipinski definition) is 6. The number of pyridine rings is 1. The van der Waals surface area contributed by atoms with Crippen LogP contribution in [0.5, 0.6) is 11.5 Å². The van der Waals surface area contributed by atoms with E-state index in [0.29, 0.717) is 46.5 Å². The first-order valence-corrected chi connectivity index (χ1v) is 11.0. The number of fused-ring (bicyclic) bond motifs is 3. The minimum absolute atomic E-state index is 0.199. The Balaban J connectivity index is 1.61. The van der Waals surface area contributed by atoms with E-state index >= 15 is 0 Å². The number of nitrogens with one attached hydrogen (secondary N) is 1. The summed E-state index contributed by atoms with van der Waals surface area (Å²) >= 11 is 0. The Labute approximate surface area is 184 Å². The summed E-state index contributed by atoms with van der Waals surface area (Å²) < 4.78 is 12.2. The molecule has 7 rings (SSSR count). The van der Waals surface area contributed by atoms with Crippen LogP contribution in [-0.4, -0.2) is 46.5 Å². The number of nitrogens with zero attached hydrogens (tertiary/aromatic N) is 1. The van der Waals surface area contributed by atoms with Crippen molar-refractivity contribution in [1.29, 1.82) is 0 Å². The number of rotatable bonds is 2. The molecule has 2 aromatic carbocycles. The molecular formula is C25H22N2O5. The van der Waals surface area contributed by atoms with Crippen LogP contribution in [0.4, 0.5) is 0 Å². The van der Waals surface area contributed by atoms with Crippen molar-refractivity contribution in [3.63, 3.8) is 0 Å². The summed E-state index contributed by atoms with van der Waals surface area (Å²) in [5, 5.41) is 26.7. The zero-order valence-corrected chi connectivity index (χ0v) is 17.5. The molecule has 4 atom stereocenters. The summed E-state index contributed by atoms with van der Waals surface area (Å²) in [6, 6.07) is 11.1. The molecule has 0 radical (unpaired) electrons. The van der Waals surface area contributed by atoms with Gasteiger partial charge in [0, 0.05) is 23.4 Å². The molecule has 3 heterocycles. The summed E-state index contributed by atoms with van der Waals surface area (Å²) in [6.45, 7) is 0.748. The molecule has 7 nitrogen and oxygen atoms in total. The lowest BCUT2D eigenvalue weighted by Crippen LogP contribution is -2.74. The molecule has 1 saturated heterocycles.